The molecular formula is C11H18N2O3S2. The lowest BCUT2D eigenvalue weighted by molar-refractivity contribution is 0.114. The van der Waals surface area contributed by atoms with Crippen molar-refractivity contribution < 1.29 is 13.2 Å². The minimum absolute atomic E-state index is 0.0246. The van der Waals surface area contributed by atoms with Crippen molar-refractivity contribution in [1.29, 1.82) is 0 Å². The second-order valence-electron chi connectivity index (χ2n) is 4.29. The Bertz CT molecular complexity index is 478. The van der Waals surface area contributed by atoms with Gasteiger partial charge >= 0.3 is 0 Å². The Morgan fingerprint density at radius 2 is 2.39 bits per heavy atom. The molecule has 2 N–H and O–H groups in total. The Labute approximate surface area is 112 Å². The lowest BCUT2D eigenvalue weighted by atomic mass is 10.2. The van der Waals surface area contributed by atoms with Crippen molar-refractivity contribution in [3.8, 4) is 0 Å². The van der Waals surface area contributed by atoms with E-state index in [1.807, 2.05) is 12.4 Å². The van der Waals surface area contributed by atoms with E-state index in [0.717, 1.165) is 25.0 Å². The third kappa shape index (κ3) is 3.52. The third-order valence-corrected chi connectivity index (χ3v) is 5.71. The summed E-state index contributed by atoms with van der Waals surface area (Å²) in [4.78, 5) is 0. The number of ether oxygens (including phenoxy) is 1. The maximum absolute atomic E-state index is 12.0. The van der Waals surface area contributed by atoms with Crippen LogP contribution in [-0.4, -0.2) is 34.7 Å². The van der Waals surface area contributed by atoms with Gasteiger partial charge in [-0.1, -0.05) is 0 Å². The highest BCUT2D eigenvalue weighted by Gasteiger charge is 2.21. The van der Waals surface area contributed by atoms with E-state index in [-0.39, 0.29) is 6.10 Å². The first-order chi connectivity index (χ1) is 8.62. The molecule has 0 bridgehead atoms. The second kappa shape index (κ2) is 6.12. The minimum atomic E-state index is -3.38. The number of thiophene rings is 1. The van der Waals surface area contributed by atoms with E-state index in [1.165, 1.54) is 11.3 Å². The van der Waals surface area contributed by atoms with Gasteiger partial charge in [0.1, 0.15) is 4.21 Å². The second-order valence-corrected chi connectivity index (χ2v) is 7.20. The average Bonchev–Trinajstić information content (AvgIpc) is 2.98. The summed E-state index contributed by atoms with van der Waals surface area (Å²) in [7, 11) is -1.55. The van der Waals surface area contributed by atoms with E-state index in [9.17, 15) is 8.42 Å². The minimum Gasteiger partial charge on any atom is -0.377 e. The molecule has 0 saturated carbocycles. The van der Waals surface area contributed by atoms with Crippen LogP contribution in [0.3, 0.4) is 0 Å². The topological polar surface area (TPSA) is 67.4 Å². The van der Waals surface area contributed by atoms with E-state index in [4.69, 9.17) is 4.74 Å². The molecule has 1 aliphatic rings. The highest BCUT2D eigenvalue weighted by Crippen LogP contribution is 2.20. The van der Waals surface area contributed by atoms with Gasteiger partial charge < -0.3 is 10.1 Å². The summed E-state index contributed by atoms with van der Waals surface area (Å²) in [6.45, 7) is 1.77. The number of rotatable bonds is 6. The van der Waals surface area contributed by atoms with E-state index in [2.05, 4.69) is 10.0 Å². The van der Waals surface area contributed by atoms with E-state index >= 15 is 0 Å². The molecule has 18 heavy (non-hydrogen) atoms. The monoisotopic (exact) mass is 290 g/mol. The number of nitrogens with one attached hydrogen (secondary N) is 2. The van der Waals surface area contributed by atoms with Crippen molar-refractivity contribution in [3.63, 3.8) is 0 Å². The molecule has 0 spiro atoms. The fourth-order valence-corrected chi connectivity index (χ4v) is 4.19. The zero-order chi connectivity index (χ0) is 13.0. The molecule has 1 unspecified atom stereocenters. The quantitative estimate of drug-likeness (QED) is 0.818. The van der Waals surface area contributed by atoms with Crippen LogP contribution < -0.4 is 10.0 Å². The van der Waals surface area contributed by atoms with E-state index < -0.39 is 10.0 Å². The summed E-state index contributed by atoms with van der Waals surface area (Å²) in [5.74, 6) is 0. The van der Waals surface area contributed by atoms with Crippen LogP contribution in [0.15, 0.2) is 15.7 Å². The summed E-state index contributed by atoms with van der Waals surface area (Å²) in [5.41, 5.74) is 0.986. The van der Waals surface area contributed by atoms with Crippen molar-refractivity contribution in [1.82, 2.24) is 10.0 Å². The van der Waals surface area contributed by atoms with Crippen molar-refractivity contribution in [2.24, 2.45) is 0 Å². The molecule has 0 aliphatic carbocycles. The predicted octanol–water partition coefficient (Wildman–Crippen LogP) is 0.925. The zero-order valence-electron chi connectivity index (χ0n) is 10.3. The zero-order valence-corrected chi connectivity index (χ0v) is 11.9. The van der Waals surface area contributed by atoms with Crippen LogP contribution in [0.25, 0.3) is 0 Å². The molecule has 5 nitrogen and oxygen atoms in total. The van der Waals surface area contributed by atoms with Crippen LogP contribution in [0.5, 0.6) is 0 Å². The van der Waals surface area contributed by atoms with Gasteiger partial charge in [-0.2, -0.15) is 0 Å². The Balaban J connectivity index is 1.95. The molecule has 1 atom stereocenters. The predicted molar refractivity (Wildman–Crippen MR) is 71.2 cm³/mol. The molecule has 1 aliphatic heterocycles. The molecule has 1 saturated heterocycles. The Hall–Kier alpha value is -0.470. The largest absolute Gasteiger partial charge is 0.377 e. The lowest BCUT2D eigenvalue weighted by Crippen LogP contribution is -2.31. The summed E-state index contributed by atoms with van der Waals surface area (Å²) in [6, 6.07) is 1.71. The standard InChI is InChI=1S/C11H18N2O3S2/c1-12-6-9-5-11(17-8-9)18(14,15)13-7-10-3-2-4-16-10/h5,8,10,12-13H,2-4,6-7H2,1H3. The molecule has 1 aromatic heterocycles. The van der Waals surface area contributed by atoms with Crippen molar-refractivity contribution >= 4 is 21.4 Å². The van der Waals surface area contributed by atoms with Crippen molar-refractivity contribution in [2.75, 3.05) is 20.2 Å². The Morgan fingerprint density at radius 1 is 1.56 bits per heavy atom. The van der Waals surface area contributed by atoms with Crippen LogP contribution in [-0.2, 0) is 21.3 Å². The molecule has 0 radical (unpaired) electrons. The lowest BCUT2D eigenvalue weighted by Gasteiger charge is -2.10. The SMILES string of the molecule is CNCc1csc(S(=O)(=O)NCC2CCCO2)c1. The van der Waals surface area contributed by atoms with Gasteiger partial charge in [0.15, 0.2) is 0 Å². The van der Waals surface area contributed by atoms with Gasteiger partial charge in [-0.3, -0.25) is 0 Å². The Morgan fingerprint density at radius 3 is 3.06 bits per heavy atom. The number of sulfonamides is 1. The molecule has 7 heteroatoms. The summed E-state index contributed by atoms with van der Waals surface area (Å²) in [5, 5.41) is 4.86. The third-order valence-electron chi connectivity index (χ3n) is 2.80. The van der Waals surface area contributed by atoms with Gasteiger partial charge in [0.25, 0.3) is 0 Å². The molecule has 2 heterocycles. The maximum Gasteiger partial charge on any atom is 0.250 e. The molecule has 2 rings (SSSR count). The van der Waals surface area contributed by atoms with Gasteiger partial charge in [-0.15, -0.1) is 11.3 Å². The first-order valence-corrected chi connectivity index (χ1v) is 8.31. The normalized spacial score (nSPS) is 20.4. The molecule has 1 fully saturated rings. The van der Waals surface area contributed by atoms with Crippen molar-refractivity contribution in [2.45, 2.75) is 29.7 Å². The summed E-state index contributed by atoms with van der Waals surface area (Å²) in [6.07, 6.45) is 1.96. The van der Waals surface area contributed by atoms with Gasteiger partial charge in [-0.05, 0) is 36.9 Å². The summed E-state index contributed by atoms with van der Waals surface area (Å²) < 4.78 is 32.4. The summed E-state index contributed by atoms with van der Waals surface area (Å²) >= 11 is 1.25. The molecule has 102 valence electrons. The van der Waals surface area contributed by atoms with Crippen LogP contribution in [0.1, 0.15) is 18.4 Å². The van der Waals surface area contributed by atoms with Crippen LogP contribution in [0, 0.1) is 0 Å². The highest BCUT2D eigenvalue weighted by molar-refractivity contribution is 7.91. The van der Waals surface area contributed by atoms with Gasteiger partial charge in [0.05, 0.1) is 6.10 Å². The fourth-order valence-electron chi connectivity index (χ4n) is 1.87. The Kier molecular flexibility index (Phi) is 4.74. The highest BCUT2D eigenvalue weighted by atomic mass is 32.2. The maximum atomic E-state index is 12.0. The first kappa shape index (κ1) is 14.0. The van der Waals surface area contributed by atoms with Crippen LogP contribution >= 0.6 is 11.3 Å². The molecule has 1 aromatic rings. The van der Waals surface area contributed by atoms with Gasteiger partial charge in [0, 0.05) is 19.7 Å². The van der Waals surface area contributed by atoms with Gasteiger partial charge in [-0.25, -0.2) is 13.1 Å². The van der Waals surface area contributed by atoms with Crippen LogP contribution in [0.2, 0.25) is 0 Å². The van der Waals surface area contributed by atoms with Gasteiger partial charge in [0.2, 0.25) is 10.0 Å². The van der Waals surface area contributed by atoms with Crippen molar-refractivity contribution in [3.05, 3.63) is 17.0 Å². The number of hydrogen-bond donors (Lipinski definition) is 2. The average molecular weight is 290 g/mol. The smallest absolute Gasteiger partial charge is 0.250 e. The molecule has 0 aromatic carbocycles. The van der Waals surface area contributed by atoms with Crippen LogP contribution in [0.4, 0.5) is 0 Å². The molecule has 0 amide bonds. The van der Waals surface area contributed by atoms with E-state index in [1.54, 1.807) is 6.07 Å². The van der Waals surface area contributed by atoms with E-state index in [0.29, 0.717) is 17.3 Å². The number of hydrogen-bond acceptors (Lipinski definition) is 5. The fraction of sp³-hybridized carbons (Fsp3) is 0.636. The molecular weight excluding hydrogens is 272 g/mol. The first-order valence-electron chi connectivity index (χ1n) is 5.95.